The lowest BCUT2D eigenvalue weighted by molar-refractivity contribution is -0.131. The molecule has 0 atom stereocenters. The lowest BCUT2D eigenvalue weighted by Crippen LogP contribution is -2.25. The Labute approximate surface area is 117 Å². The summed E-state index contributed by atoms with van der Waals surface area (Å²) in [5.41, 5.74) is 4.09. The third kappa shape index (κ3) is 2.31. The Morgan fingerprint density at radius 3 is 2.95 bits per heavy atom. The lowest BCUT2D eigenvalue weighted by Gasteiger charge is -2.14. The second-order valence-corrected chi connectivity index (χ2v) is 5.16. The number of pyridine rings is 1. The maximum Gasteiger partial charge on any atom is 0.223 e. The molecule has 3 rings (SSSR count). The normalized spacial score (nSPS) is 13.6. The van der Waals surface area contributed by atoms with E-state index in [0.717, 1.165) is 28.3 Å². The van der Waals surface area contributed by atoms with E-state index in [2.05, 4.69) is 10.1 Å². The number of rotatable bonds is 3. The quantitative estimate of drug-likeness (QED) is 0.858. The minimum atomic E-state index is 0.156. The van der Waals surface area contributed by atoms with E-state index in [-0.39, 0.29) is 5.91 Å². The number of carbonyl (C=O) groups excluding carboxylic acids is 1. The van der Waals surface area contributed by atoms with Gasteiger partial charge in [0.25, 0.3) is 0 Å². The van der Waals surface area contributed by atoms with Gasteiger partial charge in [-0.15, -0.1) is 0 Å². The van der Waals surface area contributed by atoms with Gasteiger partial charge in [-0.25, -0.2) is 0 Å². The minimum absolute atomic E-state index is 0.156. The molecule has 1 amide bonds. The Morgan fingerprint density at radius 1 is 1.40 bits per heavy atom. The number of fused-ring (bicyclic) bond motifs is 1. The van der Waals surface area contributed by atoms with Gasteiger partial charge in [0.15, 0.2) is 0 Å². The molecule has 0 aliphatic carbocycles. The summed E-state index contributed by atoms with van der Waals surface area (Å²) in [5.74, 6) is 0.963. The molecule has 0 spiro atoms. The number of nitrogens with zero attached hydrogens (tertiary/aromatic N) is 3. The zero-order valence-electron chi connectivity index (χ0n) is 11.7. The van der Waals surface area contributed by atoms with Crippen molar-refractivity contribution in [2.24, 2.45) is 0 Å². The molecule has 0 aromatic carbocycles. The Bertz CT molecular complexity index is 604. The summed E-state index contributed by atoms with van der Waals surface area (Å²) in [6, 6.07) is 3.95. The molecule has 2 aromatic heterocycles. The van der Waals surface area contributed by atoms with Gasteiger partial charge in [0.1, 0.15) is 5.76 Å². The Morgan fingerprint density at radius 2 is 2.25 bits per heavy atom. The number of amides is 1. The van der Waals surface area contributed by atoms with Crippen molar-refractivity contribution in [1.29, 1.82) is 0 Å². The molecule has 3 heterocycles. The van der Waals surface area contributed by atoms with Gasteiger partial charge in [0.2, 0.25) is 5.91 Å². The van der Waals surface area contributed by atoms with E-state index in [4.69, 9.17) is 4.52 Å². The molecule has 104 valence electrons. The van der Waals surface area contributed by atoms with Crippen molar-refractivity contribution in [3.63, 3.8) is 0 Å². The average Bonchev–Trinajstić information content (AvgIpc) is 3.01. The van der Waals surface area contributed by atoms with Crippen molar-refractivity contribution in [2.75, 3.05) is 0 Å². The van der Waals surface area contributed by atoms with E-state index < -0.39 is 0 Å². The van der Waals surface area contributed by atoms with E-state index in [9.17, 15) is 4.79 Å². The minimum Gasteiger partial charge on any atom is -0.361 e. The molecule has 20 heavy (non-hydrogen) atoms. The van der Waals surface area contributed by atoms with E-state index in [0.29, 0.717) is 25.9 Å². The van der Waals surface area contributed by atoms with Crippen molar-refractivity contribution >= 4 is 5.91 Å². The lowest BCUT2D eigenvalue weighted by atomic mass is 10.1. The SMILES string of the molecule is Cc1noc(C)c1CCC(=O)N1Cc2cccnc2C1. The largest absolute Gasteiger partial charge is 0.361 e. The molecule has 2 aromatic rings. The third-order valence-electron chi connectivity index (χ3n) is 3.81. The van der Waals surface area contributed by atoms with Crippen LogP contribution in [0.4, 0.5) is 0 Å². The van der Waals surface area contributed by atoms with Crippen molar-refractivity contribution in [1.82, 2.24) is 15.0 Å². The summed E-state index contributed by atoms with van der Waals surface area (Å²) in [6.45, 7) is 5.08. The van der Waals surface area contributed by atoms with Gasteiger partial charge in [-0.05, 0) is 31.9 Å². The molecule has 0 saturated carbocycles. The predicted octanol–water partition coefficient (Wildman–Crippen LogP) is 2.16. The fraction of sp³-hybridized carbons (Fsp3) is 0.400. The zero-order valence-corrected chi connectivity index (χ0v) is 11.7. The first-order valence-electron chi connectivity index (χ1n) is 6.77. The highest BCUT2D eigenvalue weighted by atomic mass is 16.5. The van der Waals surface area contributed by atoms with Crippen LogP contribution in [0, 0.1) is 13.8 Å². The second-order valence-electron chi connectivity index (χ2n) is 5.16. The molecule has 1 aliphatic rings. The number of hydrogen-bond acceptors (Lipinski definition) is 4. The van der Waals surface area contributed by atoms with Crippen LogP contribution in [0.1, 0.15) is 34.7 Å². The van der Waals surface area contributed by atoms with Crippen molar-refractivity contribution in [3.05, 3.63) is 46.6 Å². The molecular formula is C15H17N3O2. The molecule has 5 heteroatoms. The van der Waals surface area contributed by atoms with E-state index in [1.807, 2.05) is 30.9 Å². The van der Waals surface area contributed by atoms with Gasteiger partial charge in [0, 0.05) is 24.7 Å². The second kappa shape index (κ2) is 5.07. The highest BCUT2D eigenvalue weighted by Gasteiger charge is 2.24. The first-order valence-corrected chi connectivity index (χ1v) is 6.77. The average molecular weight is 271 g/mol. The summed E-state index contributed by atoms with van der Waals surface area (Å²) >= 11 is 0. The van der Waals surface area contributed by atoms with Crippen LogP contribution in [-0.4, -0.2) is 20.9 Å². The molecule has 0 bridgehead atoms. The van der Waals surface area contributed by atoms with Crippen LogP contribution in [0.2, 0.25) is 0 Å². The molecule has 0 unspecified atom stereocenters. The third-order valence-corrected chi connectivity index (χ3v) is 3.81. The Balaban J connectivity index is 1.62. The number of hydrogen-bond donors (Lipinski definition) is 0. The van der Waals surface area contributed by atoms with E-state index in [1.165, 1.54) is 0 Å². The molecule has 0 saturated heterocycles. The van der Waals surface area contributed by atoms with Crippen LogP contribution in [0.25, 0.3) is 0 Å². The van der Waals surface area contributed by atoms with Crippen molar-refractivity contribution < 1.29 is 9.32 Å². The smallest absolute Gasteiger partial charge is 0.223 e. The monoisotopic (exact) mass is 271 g/mol. The molecule has 5 nitrogen and oxygen atoms in total. The highest BCUT2D eigenvalue weighted by molar-refractivity contribution is 5.77. The first-order chi connectivity index (χ1) is 9.65. The summed E-state index contributed by atoms with van der Waals surface area (Å²) in [7, 11) is 0. The van der Waals surface area contributed by atoms with Crippen LogP contribution in [0.15, 0.2) is 22.9 Å². The van der Waals surface area contributed by atoms with Crippen molar-refractivity contribution in [2.45, 2.75) is 39.8 Å². The molecule has 0 fully saturated rings. The molecule has 1 aliphatic heterocycles. The summed E-state index contributed by atoms with van der Waals surface area (Å²) < 4.78 is 5.12. The summed E-state index contributed by atoms with van der Waals surface area (Å²) in [6.07, 6.45) is 2.94. The molecular weight excluding hydrogens is 254 g/mol. The van der Waals surface area contributed by atoms with Crippen LogP contribution >= 0.6 is 0 Å². The van der Waals surface area contributed by atoms with Crippen LogP contribution in [-0.2, 0) is 24.3 Å². The van der Waals surface area contributed by atoms with Gasteiger partial charge in [0.05, 0.1) is 17.9 Å². The van der Waals surface area contributed by atoms with Gasteiger partial charge in [-0.1, -0.05) is 11.2 Å². The topological polar surface area (TPSA) is 59.2 Å². The number of aromatic nitrogens is 2. The van der Waals surface area contributed by atoms with Crippen LogP contribution in [0.3, 0.4) is 0 Å². The van der Waals surface area contributed by atoms with Gasteiger partial charge >= 0.3 is 0 Å². The Kier molecular flexibility index (Phi) is 3.26. The summed E-state index contributed by atoms with van der Waals surface area (Å²) in [4.78, 5) is 18.4. The van der Waals surface area contributed by atoms with E-state index in [1.54, 1.807) is 6.20 Å². The predicted molar refractivity (Wildman–Crippen MR) is 72.8 cm³/mol. The van der Waals surface area contributed by atoms with E-state index >= 15 is 0 Å². The molecule has 0 N–H and O–H groups in total. The number of carbonyl (C=O) groups is 1. The van der Waals surface area contributed by atoms with Gasteiger partial charge in [-0.3, -0.25) is 9.78 Å². The molecule has 0 radical (unpaired) electrons. The Hall–Kier alpha value is -2.17. The fourth-order valence-corrected chi connectivity index (χ4v) is 2.63. The summed E-state index contributed by atoms with van der Waals surface area (Å²) in [5, 5.41) is 3.91. The first kappa shape index (κ1) is 12.8. The fourth-order valence-electron chi connectivity index (χ4n) is 2.63. The maximum atomic E-state index is 12.3. The van der Waals surface area contributed by atoms with Gasteiger partial charge < -0.3 is 9.42 Å². The number of aryl methyl sites for hydroxylation is 2. The van der Waals surface area contributed by atoms with Crippen LogP contribution < -0.4 is 0 Å². The maximum absolute atomic E-state index is 12.3. The van der Waals surface area contributed by atoms with Gasteiger partial charge in [-0.2, -0.15) is 0 Å². The standard InChI is InChI=1S/C15H17N3O2/c1-10-13(11(2)20-17-10)5-6-15(19)18-8-12-4-3-7-16-14(12)9-18/h3-4,7H,5-6,8-9H2,1-2H3. The van der Waals surface area contributed by atoms with Crippen LogP contribution in [0.5, 0.6) is 0 Å². The van der Waals surface area contributed by atoms with Crippen molar-refractivity contribution in [3.8, 4) is 0 Å². The highest BCUT2D eigenvalue weighted by Crippen LogP contribution is 2.22. The zero-order chi connectivity index (χ0) is 14.1.